The van der Waals surface area contributed by atoms with Crippen molar-refractivity contribution in [3.05, 3.63) is 57.6 Å². The molecule has 1 N–H and O–H groups in total. The van der Waals surface area contributed by atoms with Crippen LogP contribution in [0.15, 0.2) is 36.4 Å². The van der Waals surface area contributed by atoms with Crippen molar-refractivity contribution in [2.75, 3.05) is 29.9 Å². The van der Waals surface area contributed by atoms with Crippen LogP contribution >= 0.6 is 11.3 Å². The first kappa shape index (κ1) is 22.7. The molecule has 9 nitrogen and oxygen atoms in total. The van der Waals surface area contributed by atoms with Crippen molar-refractivity contribution >= 4 is 49.9 Å². The molecule has 1 aliphatic rings. The first-order chi connectivity index (χ1) is 15.8. The zero-order valence-electron chi connectivity index (χ0n) is 18.4. The third kappa shape index (κ3) is 5.28. The van der Waals surface area contributed by atoms with Gasteiger partial charge in [0.15, 0.2) is 11.7 Å². The number of thiazole rings is 1. The minimum absolute atomic E-state index is 0.0266. The molecule has 1 unspecified atom stereocenters. The van der Waals surface area contributed by atoms with Gasteiger partial charge in [-0.05, 0) is 55.5 Å². The van der Waals surface area contributed by atoms with Gasteiger partial charge >= 0.3 is 5.97 Å². The second-order valence-electron chi connectivity index (χ2n) is 8.27. The van der Waals surface area contributed by atoms with Crippen molar-refractivity contribution in [2.24, 2.45) is 5.92 Å². The summed E-state index contributed by atoms with van der Waals surface area (Å²) in [4.78, 5) is 42.1. The Morgan fingerprint density at radius 3 is 2.88 bits per heavy atom. The van der Waals surface area contributed by atoms with Crippen LogP contribution in [0.1, 0.15) is 35.7 Å². The number of nitrogens with one attached hydrogen (secondary N) is 1. The summed E-state index contributed by atoms with van der Waals surface area (Å²) in [6.07, 6.45) is 2.05. The van der Waals surface area contributed by atoms with Crippen LogP contribution in [0.3, 0.4) is 0 Å². The lowest BCUT2D eigenvalue weighted by molar-refractivity contribution is -0.384. The van der Waals surface area contributed by atoms with Crippen molar-refractivity contribution in [2.45, 2.75) is 26.7 Å². The van der Waals surface area contributed by atoms with E-state index in [4.69, 9.17) is 4.74 Å². The molecule has 2 heterocycles. The molecule has 2 aromatic carbocycles. The number of aryl methyl sites for hydroxylation is 1. The van der Waals surface area contributed by atoms with Crippen LogP contribution in [0, 0.1) is 23.0 Å². The van der Waals surface area contributed by atoms with Gasteiger partial charge in [0.1, 0.15) is 5.69 Å². The molecule has 33 heavy (non-hydrogen) atoms. The van der Waals surface area contributed by atoms with E-state index in [2.05, 4.69) is 17.2 Å². The van der Waals surface area contributed by atoms with Gasteiger partial charge < -0.3 is 9.64 Å². The van der Waals surface area contributed by atoms with Gasteiger partial charge in [-0.2, -0.15) is 0 Å². The standard InChI is InChI=1S/C23H24N4O5S/c1-14-5-7-17-20(10-14)33-23(24-17)25-21(28)13-32-22(29)16-6-8-18(19(11-16)27(30)31)26-9-3-4-15(2)12-26/h5-8,10-11,15H,3-4,9,12-13H2,1-2H3,(H,24,25,28). The zero-order chi connectivity index (χ0) is 23.5. The Labute approximate surface area is 194 Å². The van der Waals surface area contributed by atoms with Crippen LogP contribution < -0.4 is 10.2 Å². The van der Waals surface area contributed by atoms with Crippen molar-refractivity contribution < 1.29 is 19.2 Å². The van der Waals surface area contributed by atoms with Crippen LogP contribution in [0.2, 0.25) is 0 Å². The summed E-state index contributed by atoms with van der Waals surface area (Å²) in [5, 5.41) is 14.7. The number of anilines is 2. The Balaban J connectivity index is 1.40. The molecular weight excluding hydrogens is 444 g/mol. The molecule has 172 valence electrons. The molecule has 0 bridgehead atoms. The number of nitro benzene ring substituents is 1. The number of carbonyl (C=O) groups excluding carboxylic acids is 2. The molecule has 0 aliphatic carbocycles. The normalized spacial score (nSPS) is 15.9. The van der Waals surface area contributed by atoms with E-state index >= 15 is 0 Å². The second kappa shape index (κ2) is 9.53. The average molecular weight is 469 g/mol. The van der Waals surface area contributed by atoms with Gasteiger partial charge in [-0.25, -0.2) is 9.78 Å². The van der Waals surface area contributed by atoms with E-state index in [1.54, 1.807) is 6.07 Å². The highest BCUT2D eigenvalue weighted by molar-refractivity contribution is 7.22. The maximum Gasteiger partial charge on any atom is 0.338 e. The van der Waals surface area contributed by atoms with Gasteiger partial charge in [-0.1, -0.05) is 24.3 Å². The Morgan fingerprint density at radius 2 is 2.12 bits per heavy atom. The van der Waals surface area contributed by atoms with E-state index in [0.717, 1.165) is 41.7 Å². The number of hydrogen-bond acceptors (Lipinski definition) is 8. The SMILES string of the molecule is Cc1ccc2nc(NC(=O)COC(=O)c3ccc(N4CCCC(C)C4)c([N+](=O)[O-])c3)sc2c1. The van der Waals surface area contributed by atoms with Crippen LogP contribution in [0.4, 0.5) is 16.5 Å². The maximum atomic E-state index is 12.4. The molecule has 4 rings (SSSR count). The summed E-state index contributed by atoms with van der Waals surface area (Å²) in [7, 11) is 0. The summed E-state index contributed by atoms with van der Waals surface area (Å²) in [6, 6.07) is 10.1. The quantitative estimate of drug-likeness (QED) is 0.321. The van der Waals surface area contributed by atoms with Gasteiger partial charge in [0.05, 0.1) is 20.7 Å². The van der Waals surface area contributed by atoms with Crippen LogP contribution in [-0.2, 0) is 9.53 Å². The van der Waals surface area contributed by atoms with E-state index in [9.17, 15) is 19.7 Å². The summed E-state index contributed by atoms with van der Waals surface area (Å²) >= 11 is 1.33. The molecule has 1 saturated heterocycles. The summed E-state index contributed by atoms with van der Waals surface area (Å²) in [6.45, 7) is 5.04. The van der Waals surface area contributed by atoms with Gasteiger partial charge in [-0.15, -0.1) is 0 Å². The van der Waals surface area contributed by atoms with E-state index in [1.807, 2.05) is 30.0 Å². The number of nitrogens with zero attached hydrogens (tertiary/aromatic N) is 3. The van der Waals surface area contributed by atoms with Crippen molar-refractivity contribution in [1.82, 2.24) is 4.98 Å². The largest absolute Gasteiger partial charge is 0.452 e. The van der Waals surface area contributed by atoms with Crippen LogP contribution in [0.25, 0.3) is 10.2 Å². The number of ether oxygens (including phenoxy) is 1. The van der Waals surface area contributed by atoms with Crippen molar-refractivity contribution in [3.63, 3.8) is 0 Å². The molecule has 3 aromatic rings. The third-order valence-electron chi connectivity index (χ3n) is 5.53. The highest BCUT2D eigenvalue weighted by Crippen LogP contribution is 2.32. The predicted molar refractivity (Wildman–Crippen MR) is 127 cm³/mol. The minimum Gasteiger partial charge on any atom is -0.452 e. The number of fused-ring (bicyclic) bond motifs is 1. The van der Waals surface area contributed by atoms with Gasteiger partial charge in [0.2, 0.25) is 0 Å². The predicted octanol–water partition coefficient (Wildman–Crippen LogP) is 4.54. The lowest BCUT2D eigenvalue weighted by Crippen LogP contribution is -2.34. The fraction of sp³-hybridized carbons (Fsp3) is 0.348. The highest BCUT2D eigenvalue weighted by Gasteiger charge is 2.25. The lowest BCUT2D eigenvalue weighted by Gasteiger charge is -2.32. The molecule has 0 saturated carbocycles. The number of nitro groups is 1. The molecule has 1 aromatic heterocycles. The monoisotopic (exact) mass is 468 g/mol. The number of benzene rings is 2. The van der Waals surface area contributed by atoms with Gasteiger partial charge in [0.25, 0.3) is 11.6 Å². The summed E-state index contributed by atoms with van der Waals surface area (Å²) in [5.74, 6) is -0.889. The second-order valence-corrected chi connectivity index (χ2v) is 9.30. The Morgan fingerprint density at radius 1 is 1.30 bits per heavy atom. The van der Waals surface area contributed by atoms with E-state index in [-0.39, 0.29) is 11.3 Å². The molecule has 1 fully saturated rings. The molecule has 1 aliphatic heterocycles. The number of carbonyl (C=O) groups is 2. The topological polar surface area (TPSA) is 115 Å². The van der Waals surface area contributed by atoms with E-state index in [1.165, 1.54) is 23.5 Å². The number of piperidine rings is 1. The number of esters is 1. The summed E-state index contributed by atoms with van der Waals surface area (Å²) < 4.78 is 6.02. The molecular formula is C23H24N4O5S. The Hall–Kier alpha value is -3.53. The molecule has 1 amide bonds. The van der Waals surface area contributed by atoms with Crippen LogP contribution in [-0.4, -0.2) is 41.5 Å². The van der Waals surface area contributed by atoms with E-state index in [0.29, 0.717) is 16.7 Å². The lowest BCUT2D eigenvalue weighted by atomic mass is 9.99. The van der Waals surface area contributed by atoms with Gasteiger partial charge in [-0.3, -0.25) is 20.2 Å². The fourth-order valence-corrected chi connectivity index (χ4v) is 4.91. The molecule has 1 atom stereocenters. The number of rotatable bonds is 6. The van der Waals surface area contributed by atoms with Crippen LogP contribution in [0.5, 0.6) is 0 Å². The number of hydrogen-bond donors (Lipinski definition) is 1. The third-order valence-corrected chi connectivity index (χ3v) is 6.46. The zero-order valence-corrected chi connectivity index (χ0v) is 19.2. The molecule has 0 radical (unpaired) electrons. The maximum absolute atomic E-state index is 12.4. The number of aromatic nitrogens is 1. The Bertz CT molecular complexity index is 1220. The smallest absolute Gasteiger partial charge is 0.338 e. The fourth-order valence-electron chi connectivity index (χ4n) is 3.93. The average Bonchev–Trinajstić information content (AvgIpc) is 3.18. The van der Waals surface area contributed by atoms with Crippen molar-refractivity contribution in [1.29, 1.82) is 0 Å². The Kier molecular flexibility index (Phi) is 6.55. The number of amides is 1. The van der Waals surface area contributed by atoms with Gasteiger partial charge in [0, 0.05) is 19.2 Å². The first-order valence-electron chi connectivity index (χ1n) is 10.7. The molecule has 10 heteroatoms. The van der Waals surface area contributed by atoms with Crippen molar-refractivity contribution in [3.8, 4) is 0 Å². The van der Waals surface area contributed by atoms with E-state index < -0.39 is 23.4 Å². The molecule has 0 spiro atoms. The highest BCUT2D eigenvalue weighted by atomic mass is 32.1. The minimum atomic E-state index is -0.799. The summed E-state index contributed by atoms with van der Waals surface area (Å²) in [5.41, 5.74) is 2.24. The first-order valence-corrected chi connectivity index (χ1v) is 11.5.